The van der Waals surface area contributed by atoms with Crippen LogP contribution < -0.4 is 5.73 Å². The van der Waals surface area contributed by atoms with Crippen LogP contribution in [0.3, 0.4) is 0 Å². The van der Waals surface area contributed by atoms with E-state index in [-0.39, 0.29) is 0 Å². The second-order valence-corrected chi connectivity index (χ2v) is 2.67. The van der Waals surface area contributed by atoms with E-state index in [2.05, 4.69) is 4.74 Å². The smallest absolute Gasteiger partial charge is 0.326 e. The predicted octanol–water partition coefficient (Wildman–Crippen LogP) is -3.05. The van der Waals surface area contributed by atoms with Crippen molar-refractivity contribution < 1.29 is 24.9 Å². The molecule has 1 saturated heterocycles. The summed E-state index contributed by atoms with van der Waals surface area (Å²) < 4.78 is 4.51. The summed E-state index contributed by atoms with van der Waals surface area (Å²) >= 11 is 0. The molecule has 5 N–H and O–H groups in total. The van der Waals surface area contributed by atoms with Crippen molar-refractivity contribution in [3.05, 3.63) is 0 Å². The lowest BCUT2D eigenvalue weighted by atomic mass is 10.1. The molecule has 0 spiro atoms. The maximum Gasteiger partial charge on any atom is 0.326 e. The molecule has 12 heavy (non-hydrogen) atoms. The Bertz CT molecular complexity index is 185. The largest absolute Gasteiger partial charge is 0.455 e. The summed E-state index contributed by atoms with van der Waals surface area (Å²) in [5.41, 5.74) is 5.19. The zero-order valence-electron chi connectivity index (χ0n) is 6.25. The van der Waals surface area contributed by atoms with Crippen LogP contribution in [0.2, 0.25) is 0 Å². The number of aliphatic hydroxyl groups is 3. The maximum atomic E-state index is 10.7. The minimum absolute atomic E-state index is 0.582. The van der Waals surface area contributed by atoms with E-state index in [1.807, 2.05) is 0 Å². The highest BCUT2D eigenvalue weighted by Gasteiger charge is 2.44. The predicted molar refractivity (Wildman–Crippen MR) is 37.0 cm³/mol. The quantitative estimate of drug-likeness (QED) is 0.333. The molecular weight excluding hydrogens is 166 g/mol. The molecular formula is C6H11NO5. The lowest BCUT2D eigenvalue weighted by Crippen LogP contribution is -2.43. The van der Waals surface area contributed by atoms with Crippen LogP contribution in [0.4, 0.5) is 0 Å². The van der Waals surface area contributed by atoms with Gasteiger partial charge in [-0.15, -0.1) is 0 Å². The van der Waals surface area contributed by atoms with Gasteiger partial charge in [0, 0.05) is 0 Å². The van der Waals surface area contributed by atoms with Gasteiger partial charge in [-0.3, -0.25) is 4.79 Å². The van der Waals surface area contributed by atoms with Crippen LogP contribution in [0.1, 0.15) is 0 Å². The summed E-state index contributed by atoms with van der Waals surface area (Å²) in [4.78, 5) is 10.7. The molecule has 0 bridgehead atoms. The number of carbonyl (C=O) groups excluding carboxylic acids is 1. The molecule has 70 valence electrons. The van der Waals surface area contributed by atoms with Gasteiger partial charge < -0.3 is 25.8 Å². The Morgan fingerprint density at radius 2 is 2.25 bits per heavy atom. The summed E-state index contributed by atoms with van der Waals surface area (Å²) in [6.45, 7) is -0.582. The van der Waals surface area contributed by atoms with Crippen molar-refractivity contribution in [3.63, 3.8) is 0 Å². The van der Waals surface area contributed by atoms with Crippen molar-refractivity contribution in [3.8, 4) is 0 Å². The molecule has 0 amide bonds. The Kier molecular flexibility index (Phi) is 2.63. The number of nitrogens with two attached hydrogens (primary N) is 1. The number of aliphatic hydroxyl groups excluding tert-OH is 3. The van der Waals surface area contributed by atoms with Crippen LogP contribution in [0.15, 0.2) is 0 Å². The average molecular weight is 177 g/mol. The second kappa shape index (κ2) is 3.36. The first-order valence-corrected chi connectivity index (χ1v) is 3.51. The summed E-state index contributed by atoms with van der Waals surface area (Å²) in [5, 5.41) is 26.7. The van der Waals surface area contributed by atoms with Crippen molar-refractivity contribution >= 4 is 5.97 Å². The molecule has 1 fully saturated rings. The maximum absolute atomic E-state index is 10.7. The van der Waals surface area contributed by atoms with Gasteiger partial charge in [0.05, 0.1) is 6.61 Å². The molecule has 6 heteroatoms. The van der Waals surface area contributed by atoms with Gasteiger partial charge in [0.2, 0.25) is 0 Å². The van der Waals surface area contributed by atoms with E-state index in [4.69, 9.17) is 15.9 Å². The van der Waals surface area contributed by atoms with Gasteiger partial charge in [0.15, 0.2) is 6.10 Å². The fourth-order valence-electron chi connectivity index (χ4n) is 1.04. The molecule has 0 aromatic carbocycles. The first-order valence-electron chi connectivity index (χ1n) is 3.51. The molecule has 0 saturated carbocycles. The third-order valence-corrected chi connectivity index (χ3v) is 1.80. The Morgan fingerprint density at radius 1 is 1.67 bits per heavy atom. The molecule has 6 nitrogen and oxygen atoms in total. The van der Waals surface area contributed by atoms with Crippen molar-refractivity contribution in [2.75, 3.05) is 6.61 Å². The highest BCUT2D eigenvalue weighted by atomic mass is 16.6. The van der Waals surface area contributed by atoms with Crippen molar-refractivity contribution in [1.82, 2.24) is 0 Å². The summed E-state index contributed by atoms with van der Waals surface area (Å²) in [7, 11) is 0. The average Bonchev–Trinajstić information content (AvgIpc) is 2.32. The van der Waals surface area contributed by atoms with Gasteiger partial charge in [-0.25, -0.2) is 0 Å². The van der Waals surface area contributed by atoms with E-state index >= 15 is 0 Å². The molecule has 1 heterocycles. The third-order valence-electron chi connectivity index (χ3n) is 1.80. The first-order chi connectivity index (χ1) is 5.57. The lowest BCUT2D eigenvalue weighted by molar-refractivity contribution is -0.148. The molecule has 0 radical (unpaired) electrons. The van der Waals surface area contributed by atoms with Gasteiger partial charge in [-0.2, -0.15) is 0 Å². The standard InChI is InChI=1S/C6H11NO5/c7-3-4(10)5(2(9)1-8)12-6(3)11/h2-5,8-10H,1,7H2/t2-,3+,4-,5+/m1/s1. The van der Waals surface area contributed by atoms with E-state index in [0.29, 0.717) is 0 Å². The van der Waals surface area contributed by atoms with Crippen LogP contribution in [0.5, 0.6) is 0 Å². The van der Waals surface area contributed by atoms with Crippen LogP contribution in [0, 0.1) is 0 Å². The SMILES string of the molecule is N[C@@H]1C(=O)O[C@@H]([C@H](O)CO)[C@@H]1O. The van der Waals surface area contributed by atoms with Gasteiger partial charge in [-0.1, -0.05) is 0 Å². The lowest BCUT2D eigenvalue weighted by Gasteiger charge is -2.17. The Labute approximate surface area is 68.6 Å². The molecule has 4 atom stereocenters. The first kappa shape index (κ1) is 9.40. The summed E-state index contributed by atoms with van der Waals surface area (Å²) in [6, 6.07) is -1.13. The highest BCUT2D eigenvalue weighted by Crippen LogP contribution is 2.17. The van der Waals surface area contributed by atoms with Gasteiger partial charge in [0.25, 0.3) is 0 Å². The number of hydrogen-bond donors (Lipinski definition) is 4. The molecule has 0 unspecified atom stereocenters. The number of rotatable bonds is 2. The van der Waals surface area contributed by atoms with E-state index in [9.17, 15) is 9.90 Å². The van der Waals surface area contributed by atoms with E-state index in [1.54, 1.807) is 0 Å². The van der Waals surface area contributed by atoms with Crippen molar-refractivity contribution in [2.24, 2.45) is 5.73 Å². The van der Waals surface area contributed by atoms with Crippen molar-refractivity contribution in [1.29, 1.82) is 0 Å². The van der Waals surface area contributed by atoms with Crippen LogP contribution in [0.25, 0.3) is 0 Å². The number of carbonyl (C=O) groups is 1. The zero-order valence-corrected chi connectivity index (χ0v) is 6.25. The van der Waals surface area contributed by atoms with E-state index in [0.717, 1.165) is 0 Å². The van der Waals surface area contributed by atoms with Crippen LogP contribution in [-0.4, -0.2) is 52.2 Å². The Morgan fingerprint density at radius 3 is 2.58 bits per heavy atom. The molecule has 0 aromatic rings. The van der Waals surface area contributed by atoms with Crippen LogP contribution in [-0.2, 0) is 9.53 Å². The minimum Gasteiger partial charge on any atom is -0.455 e. The third kappa shape index (κ3) is 1.42. The summed E-state index contributed by atoms with van der Waals surface area (Å²) in [6.07, 6.45) is -3.64. The number of esters is 1. The number of hydrogen-bond acceptors (Lipinski definition) is 6. The Balaban J connectivity index is 2.64. The second-order valence-electron chi connectivity index (χ2n) is 2.67. The normalized spacial score (nSPS) is 38.0. The zero-order chi connectivity index (χ0) is 9.30. The number of cyclic esters (lactones) is 1. The fraction of sp³-hybridized carbons (Fsp3) is 0.833. The van der Waals surface area contributed by atoms with Crippen molar-refractivity contribution in [2.45, 2.75) is 24.4 Å². The monoisotopic (exact) mass is 177 g/mol. The topological polar surface area (TPSA) is 113 Å². The molecule has 1 aliphatic rings. The van der Waals surface area contributed by atoms with Gasteiger partial charge in [-0.05, 0) is 0 Å². The minimum atomic E-state index is -1.28. The van der Waals surface area contributed by atoms with E-state index < -0.39 is 36.9 Å². The molecule has 0 aliphatic carbocycles. The summed E-state index contributed by atoms with van der Waals surface area (Å²) in [5.74, 6) is -0.764. The Hall–Kier alpha value is -0.690. The molecule has 1 rings (SSSR count). The molecule has 0 aromatic heterocycles. The van der Waals surface area contributed by atoms with Gasteiger partial charge >= 0.3 is 5.97 Å². The fourth-order valence-corrected chi connectivity index (χ4v) is 1.04. The number of ether oxygens (including phenoxy) is 1. The van der Waals surface area contributed by atoms with Crippen LogP contribution >= 0.6 is 0 Å². The van der Waals surface area contributed by atoms with Gasteiger partial charge in [0.1, 0.15) is 18.2 Å². The van der Waals surface area contributed by atoms with E-state index in [1.165, 1.54) is 0 Å². The highest BCUT2D eigenvalue weighted by molar-refractivity contribution is 5.78. The molecule has 1 aliphatic heterocycles.